The summed E-state index contributed by atoms with van der Waals surface area (Å²) in [6.45, 7) is 1.73. The minimum atomic E-state index is -0.785. The normalized spacial score (nSPS) is 12.2. The fraction of sp³-hybridized carbons (Fsp3) is 0.240. The Morgan fingerprint density at radius 1 is 0.871 bits per heavy atom. The monoisotopic (exact) mass is 417 g/mol. The van der Waals surface area contributed by atoms with E-state index >= 15 is 0 Å². The molecule has 31 heavy (non-hydrogen) atoms. The zero-order valence-corrected chi connectivity index (χ0v) is 17.8. The Balaban J connectivity index is 1.32. The zero-order valence-electron chi connectivity index (χ0n) is 17.8. The van der Waals surface area contributed by atoms with Crippen molar-refractivity contribution in [2.24, 2.45) is 14.1 Å². The van der Waals surface area contributed by atoms with Crippen molar-refractivity contribution in [1.82, 2.24) is 14.5 Å². The Morgan fingerprint density at radius 3 is 2.23 bits per heavy atom. The molecule has 0 spiro atoms. The van der Waals surface area contributed by atoms with E-state index in [0.717, 1.165) is 29.7 Å². The van der Waals surface area contributed by atoms with E-state index in [2.05, 4.69) is 17.4 Å². The average Bonchev–Trinajstić information content (AvgIpc) is 3.02. The summed E-state index contributed by atoms with van der Waals surface area (Å²) in [4.78, 5) is 12.1. The van der Waals surface area contributed by atoms with Crippen LogP contribution in [0.3, 0.4) is 0 Å². The predicted molar refractivity (Wildman–Crippen MR) is 122 cm³/mol. The first kappa shape index (κ1) is 20.9. The Morgan fingerprint density at radius 2 is 1.52 bits per heavy atom. The van der Waals surface area contributed by atoms with Crippen LogP contribution >= 0.6 is 0 Å². The van der Waals surface area contributed by atoms with Gasteiger partial charge in [0.05, 0.1) is 11.0 Å². The SMILES string of the molecule is Cn1c(=O)n(C)c2cc([C@H](O)COc3ccc(CNCc4ccccc4)cc3)ccc21. The van der Waals surface area contributed by atoms with Crippen LogP contribution < -0.4 is 15.7 Å². The highest BCUT2D eigenvalue weighted by Gasteiger charge is 2.13. The largest absolute Gasteiger partial charge is 0.491 e. The number of aryl methyl sites for hydroxylation is 2. The van der Waals surface area contributed by atoms with E-state index in [1.807, 2.05) is 60.7 Å². The molecule has 4 aromatic rings. The first-order chi connectivity index (χ1) is 15.0. The van der Waals surface area contributed by atoms with Crippen molar-refractivity contribution in [1.29, 1.82) is 0 Å². The zero-order chi connectivity index (χ0) is 21.8. The van der Waals surface area contributed by atoms with Gasteiger partial charge in [-0.15, -0.1) is 0 Å². The summed E-state index contributed by atoms with van der Waals surface area (Å²) in [5.41, 5.74) is 4.67. The van der Waals surface area contributed by atoms with Gasteiger partial charge in [0.25, 0.3) is 0 Å². The molecule has 160 valence electrons. The molecule has 1 heterocycles. The van der Waals surface area contributed by atoms with Gasteiger partial charge in [-0.1, -0.05) is 48.5 Å². The number of ether oxygens (including phenoxy) is 1. The van der Waals surface area contributed by atoms with Crippen LogP contribution in [-0.2, 0) is 27.2 Å². The lowest BCUT2D eigenvalue weighted by molar-refractivity contribution is 0.108. The van der Waals surface area contributed by atoms with E-state index in [9.17, 15) is 9.90 Å². The Kier molecular flexibility index (Phi) is 6.21. The third-order valence-corrected chi connectivity index (χ3v) is 5.51. The van der Waals surface area contributed by atoms with E-state index in [-0.39, 0.29) is 12.3 Å². The smallest absolute Gasteiger partial charge is 0.328 e. The van der Waals surface area contributed by atoms with Crippen LogP contribution in [0.1, 0.15) is 22.8 Å². The maximum absolute atomic E-state index is 12.1. The highest BCUT2D eigenvalue weighted by molar-refractivity contribution is 5.77. The van der Waals surface area contributed by atoms with E-state index < -0.39 is 6.10 Å². The number of rotatable bonds is 8. The molecule has 0 unspecified atom stereocenters. The number of benzene rings is 3. The fourth-order valence-corrected chi connectivity index (χ4v) is 3.65. The molecule has 0 aliphatic rings. The number of aromatic nitrogens is 2. The van der Waals surface area contributed by atoms with Crippen molar-refractivity contribution < 1.29 is 9.84 Å². The molecule has 4 rings (SSSR count). The molecule has 0 bridgehead atoms. The highest BCUT2D eigenvalue weighted by Crippen LogP contribution is 2.21. The van der Waals surface area contributed by atoms with Gasteiger partial charge >= 0.3 is 5.69 Å². The molecule has 2 N–H and O–H groups in total. The summed E-state index contributed by atoms with van der Waals surface area (Å²) >= 11 is 0. The second kappa shape index (κ2) is 9.20. The first-order valence-corrected chi connectivity index (χ1v) is 10.3. The van der Waals surface area contributed by atoms with E-state index in [0.29, 0.717) is 5.75 Å². The minimum absolute atomic E-state index is 0.0868. The second-order valence-electron chi connectivity index (χ2n) is 7.71. The van der Waals surface area contributed by atoms with Crippen molar-refractivity contribution in [2.75, 3.05) is 6.61 Å². The molecule has 0 saturated carbocycles. The number of hydrogen-bond acceptors (Lipinski definition) is 4. The van der Waals surface area contributed by atoms with Crippen LogP contribution in [0.25, 0.3) is 11.0 Å². The van der Waals surface area contributed by atoms with Crippen LogP contribution in [0.2, 0.25) is 0 Å². The lowest BCUT2D eigenvalue weighted by Gasteiger charge is -2.14. The first-order valence-electron chi connectivity index (χ1n) is 10.3. The molecule has 0 amide bonds. The van der Waals surface area contributed by atoms with Gasteiger partial charge in [-0.05, 0) is 41.0 Å². The second-order valence-corrected chi connectivity index (χ2v) is 7.71. The van der Waals surface area contributed by atoms with Crippen LogP contribution in [0, 0.1) is 0 Å². The number of fused-ring (bicyclic) bond motifs is 1. The van der Waals surface area contributed by atoms with Gasteiger partial charge < -0.3 is 15.2 Å². The van der Waals surface area contributed by atoms with Crippen molar-refractivity contribution >= 4 is 11.0 Å². The third-order valence-electron chi connectivity index (χ3n) is 5.51. The Labute approximate surface area is 181 Å². The Hall–Kier alpha value is -3.35. The number of aliphatic hydroxyl groups excluding tert-OH is 1. The van der Waals surface area contributed by atoms with Crippen molar-refractivity contribution in [3.05, 3.63) is 100.0 Å². The lowest BCUT2D eigenvalue weighted by atomic mass is 10.1. The van der Waals surface area contributed by atoms with E-state index in [1.165, 1.54) is 11.1 Å². The van der Waals surface area contributed by atoms with Crippen LogP contribution in [0.5, 0.6) is 5.75 Å². The number of nitrogens with zero attached hydrogens (tertiary/aromatic N) is 2. The molecule has 6 heteroatoms. The van der Waals surface area contributed by atoms with Crippen LogP contribution in [-0.4, -0.2) is 20.8 Å². The molecular weight excluding hydrogens is 390 g/mol. The average molecular weight is 418 g/mol. The van der Waals surface area contributed by atoms with E-state index in [4.69, 9.17) is 4.74 Å². The van der Waals surface area contributed by atoms with Gasteiger partial charge in [-0.25, -0.2) is 4.79 Å². The minimum Gasteiger partial charge on any atom is -0.491 e. The van der Waals surface area contributed by atoms with Gasteiger partial charge in [-0.3, -0.25) is 9.13 Å². The predicted octanol–water partition coefficient (Wildman–Crippen LogP) is 3.28. The van der Waals surface area contributed by atoms with Gasteiger partial charge in [-0.2, -0.15) is 0 Å². The molecule has 1 aromatic heterocycles. The van der Waals surface area contributed by atoms with Crippen molar-refractivity contribution in [3.63, 3.8) is 0 Å². The highest BCUT2D eigenvalue weighted by atomic mass is 16.5. The summed E-state index contributed by atoms with van der Waals surface area (Å²) in [7, 11) is 3.47. The maximum Gasteiger partial charge on any atom is 0.328 e. The summed E-state index contributed by atoms with van der Waals surface area (Å²) in [5.74, 6) is 0.707. The molecule has 0 aliphatic heterocycles. The number of nitrogens with one attached hydrogen (secondary N) is 1. The van der Waals surface area contributed by atoms with Crippen LogP contribution in [0.15, 0.2) is 77.6 Å². The van der Waals surface area contributed by atoms with E-state index in [1.54, 1.807) is 23.2 Å². The molecule has 0 radical (unpaired) electrons. The van der Waals surface area contributed by atoms with Gasteiger partial charge in [0, 0.05) is 27.2 Å². The standard InChI is InChI=1S/C25H27N3O3/c1-27-22-13-10-20(14-23(22)28(2)25(27)30)24(29)17-31-21-11-8-19(9-12-21)16-26-15-18-6-4-3-5-7-18/h3-14,24,26,29H,15-17H2,1-2H3/t24-/m1/s1. The molecule has 1 atom stereocenters. The lowest BCUT2D eigenvalue weighted by Crippen LogP contribution is -2.19. The molecule has 0 saturated heterocycles. The quantitative estimate of drug-likeness (QED) is 0.462. The van der Waals surface area contributed by atoms with Gasteiger partial charge in [0.1, 0.15) is 18.5 Å². The molecular formula is C25H27N3O3. The topological polar surface area (TPSA) is 68.4 Å². The maximum atomic E-state index is 12.1. The van der Waals surface area contributed by atoms with Gasteiger partial charge in [0.2, 0.25) is 0 Å². The van der Waals surface area contributed by atoms with Crippen LogP contribution in [0.4, 0.5) is 0 Å². The van der Waals surface area contributed by atoms with Crippen molar-refractivity contribution in [3.8, 4) is 5.75 Å². The molecule has 0 aliphatic carbocycles. The molecule has 0 fully saturated rings. The Bertz CT molecular complexity index is 1210. The number of aliphatic hydroxyl groups is 1. The number of imidazole rings is 1. The summed E-state index contributed by atoms with van der Waals surface area (Å²) in [6, 6.07) is 23.7. The molecule has 3 aromatic carbocycles. The van der Waals surface area contributed by atoms with Gasteiger partial charge in [0.15, 0.2) is 0 Å². The summed E-state index contributed by atoms with van der Waals surface area (Å²) < 4.78 is 8.95. The fourth-order valence-electron chi connectivity index (χ4n) is 3.65. The number of hydrogen-bond donors (Lipinski definition) is 2. The van der Waals surface area contributed by atoms with Crippen molar-refractivity contribution in [2.45, 2.75) is 19.2 Å². The summed E-state index contributed by atoms with van der Waals surface area (Å²) in [5, 5.41) is 14.0. The summed E-state index contributed by atoms with van der Waals surface area (Å²) in [6.07, 6.45) is -0.785. The molecule has 6 nitrogen and oxygen atoms in total. The third kappa shape index (κ3) is 4.71.